The van der Waals surface area contributed by atoms with Crippen molar-refractivity contribution in [1.29, 1.82) is 5.26 Å². The highest BCUT2D eigenvalue weighted by atomic mass is 16.4. The third-order valence-electron chi connectivity index (χ3n) is 3.00. The summed E-state index contributed by atoms with van der Waals surface area (Å²) >= 11 is 0. The molecule has 1 aliphatic heterocycles. The summed E-state index contributed by atoms with van der Waals surface area (Å²) < 4.78 is 0. The number of aromatic nitrogens is 1. The minimum Gasteiger partial charge on any atom is -0.478 e. The number of carbonyl (C=O) groups is 1. The number of pyridine rings is 1. The quantitative estimate of drug-likeness (QED) is 0.835. The Kier molecular flexibility index (Phi) is 3.24. The maximum absolute atomic E-state index is 10.7. The van der Waals surface area contributed by atoms with Gasteiger partial charge in [0.1, 0.15) is 5.82 Å². The summed E-state index contributed by atoms with van der Waals surface area (Å²) in [6, 6.07) is 5.55. The molecule has 5 heteroatoms. The minimum atomic E-state index is -0.966. The van der Waals surface area contributed by atoms with Crippen molar-refractivity contribution in [2.75, 3.05) is 18.0 Å². The number of piperidine rings is 1. The van der Waals surface area contributed by atoms with Crippen molar-refractivity contribution in [3.8, 4) is 6.07 Å². The van der Waals surface area contributed by atoms with Crippen LogP contribution in [0.15, 0.2) is 18.3 Å². The van der Waals surface area contributed by atoms with Crippen LogP contribution in [0.25, 0.3) is 0 Å². The summed E-state index contributed by atoms with van der Waals surface area (Å²) in [7, 11) is 0. The second kappa shape index (κ2) is 4.83. The Hall–Kier alpha value is -2.09. The van der Waals surface area contributed by atoms with Gasteiger partial charge in [0.2, 0.25) is 0 Å². The van der Waals surface area contributed by atoms with Gasteiger partial charge in [-0.1, -0.05) is 0 Å². The van der Waals surface area contributed by atoms with E-state index in [0.717, 1.165) is 31.7 Å². The summed E-state index contributed by atoms with van der Waals surface area (Å²) in [6.07, 6.45) is 3.06. The molecule has 0 saturated carbocycles. The molecule has 0 atom stereocenters. The van der Waals surface area contributed by atoms with Gasteiger partial charge in [0.05, 0.1) is 11.6 Å². The molecule has 17 heavy (non-hydrogen) atoms. The summed E-state index contributed by atoms with van der Waals surface area (Å²) in [4.78, 5) is 16.9. The van der Waals surface area contributed by atoms with E-state index in [9.17, 15) is 4.79 Å². The first-order valence-electron chi connectivity index (χ1n) is 5.54. The van der Waals surface area contributed by atoms with Crippen molar-refractivity contribution in [3.63, 3.8) is 0 Å². The van der Waals surface area contributed by atoms with Crippen LogP contribution < -0.4 is 4.90 Å². The predicted octanol–water partition coefficient (Wildman–Crippen LogP) is 1.52. The topological polar surface area (TPSA) is 77.2 Å². The van der Waals surface area contributed by atoms with E-state index in [-0.39, 0.29) is 11.5 Å². The summed E-state index contributed by atoms with van der Waals surface area (Å²) in [6.45, 7) is 1.61. The number of hydrogen-bond donors (Lipinski definition) is 1. The van der Waals surface area contributed by atoms with Gasteiger partial charge in [0.15, 0.2) is 0 Å². The van der Waals surface area contributed by atoms with Crippen molar-refractivity contribution < 1.29 is 9.90 Å². The first-order chi connectivity index (χ1) is 8.20. The molecule has 1 aliphatic rings. The third-order valence-corrected chi connectivity index (χ3v) is 3.00. The largest absolute Gasteiger partial charge is 0.478 e. The molecule has 0 aliphatic carbocycles. The number of rotatable bonds is 2. The molecule has 1 aromatic rings. The Balaban J connectivity index is 2.04. The fourth-order valence-electron chi connectivity index (χ4n) is 1.94. The van der Waals surface area contributed by atoms with Crippen LogP contribution in [0.4, 0.5) is 5.82 Å². The fraction of sp³-hybridized carbons (Fsp3) is 0.417. The molecule has 1 aromatic heterocycles. The monoisotopic (exact) mass is 231 g/mol. The van der Waals surface area contributed by atoms with Crippen LogP contribution in [0.3, 0.4) is 0 Å². The van der Waals surface area contributed by atoms with Crippen LogP contribution in [0, 0.1) is 17.2 Å². The van der Waals surface area contributed by atoms with Crippen LogP contribution in [-0.2, 0) is 0 Å². The van der Waals surface area contributed by atoms with Gasteiger partial charge in [0.25, 0.3) is 0 Å². The molecule has 2 rings (SSSR count). The lowest BCUT2D eigenvalue weighted by molar-refractivity contribution is 0.0696. The van der Waals surface area contributed by atoms with Gasteiger partial charge in [-0.2, -0.15) is 5.26 Å². The second-order valence-corrected chi connectivity index (χ2v) is 4.10. The number of nitriles is 1. The summed E-state index contributed by atoms with van der Waals surface area (Å²) in [5.74, 6) is -0.0387. The number of hydrogen-bond acceptors (Lipinski definition) is 4. The van der Waals surface area contributed by atoms with Crippen LogP contribution >= 0.6 is 0 Å². The maximum atomic E-state index is 10.7. The van der Waals surface area contributed by atoms with E-state index in [2.05, 4.69) is 16.0 Å². The zero-order chi connectivity index (χ0) is 12.3. The Morgan fingerprint density at radius 3 is 2.65 bits per heavy atom. The molecular formula is C12H13N3O2. The van der Waals surface area contributed by atoms with Gasteiger partial charge in [-0.05, 0) is 25.0 Å². The zero-order valence-electron chi connectivity index (χ0n) is 9.33. The van der Waals surface area contributed by atoms with Crippen LogP contribution in [0.2, 0.25) is 0 Å². The molecular weight excluding hydrogens is 218 g/mol. The average Bonchev–Trinajstić information content (AvgIpc) is 2.39. The van der Waals surface area contributed by atoms with Gasteiger partial charge in [-0.25, -0.2) is 9.78 Å². The minimum absolute atomic E-state index is 0.143. The first kappa shape index (κ1) is 11.4. The summed E-state index contributed by atoms with van der Waals surface area (Å²) in [5.41, 5.74) is 0.195. The summed E-state index contributed by atoms with van der Waals surface area (Å²) in [5, 5.41) is 17.6. The molecule has 2 heterocycles. The van der Waals surface area contributed by atoms with Gasteiger partial charge >= 0.3 is 5.97 Å². The molecule has 5 nitrogen and oxygen atoms in total. The Labute approximate surface area is 99.3 Å². The third kappa shape index (κ3) is 2.53. The number of anilines is 1. The standard InChI is InChI=1S/C12H13N3O2/c13-7-9-3-5-15(6-4-9)11-2-1-10(8-14-11)12(16)17/h1-2,8-9H,3-6H2,(H,16,17). The maximum Gasteiger partial charge on any atom is 0.337 e. The highest BCUT2D eigenvalue weighted by Gasteiger charge is 2.19. The van der Waals surface area contributed by atoms with Crippen molar-refractivity contribution in [1.82, 2.24) is 4.98 Å². The van der Waals surface area contributed by atoms with E-state index in [0.29, 0.717) is 0 Å². The van der Waals surface area contributed by atoms with Crippen molar-refractivity contribution >= 4 is 11.8 Å². The average molecular weight is 231 g/mol. The van der Waals surface area contributed by atoms with Gasteiger partial charge in [0, 0.05) is 25.2 Å². The highest BCUT2D eigenvalue weighted by Crippen LogP contribution is 2.21. The lowest BCUT2D eigenvalue weighted by Crippen LogP contribution is -2.33. The molecule has 1 saturated heterocycles. The van der Waals surface area contributed by atoms with Crippen molar-refractivity contribution in [2.45, 2.75) is 12.8 Å². The van der Waals surface area contributed by atoms with Gasteiger partial charge in [-0.3, -0.25) is 0 Å². The Morgan fingerprint density at radius 1 is 1.47 bits per heavy atom. The Morgan fingerprint density at radius 2 is 2.18 bits per heavy atom. The molecule has 0 radical (unpaired) electrons. The second-order valence-electron chi connectivity index (χ2n) is 4.10. The van der Waals surface area contributed by atoms with E-state index in [1.807, 2.05) is 0 Å². The first-order valence-corrected chi connectivity index (χ1v) is 5.54. The van der Waals surface area contributed by atoms with Crippen LogP contribution in [0.1, 0.15) is 23.2 Å². The van der Waals surface area contributed by atoms with Crippen molar-refractivity contribution in [3.05, 3.63) is 23.9 Å². The number of aromatic carboxylic acids is 1. The van der Waals surface area contributed by atoms with Crippen LogP contribution in [-0.4, -0.2) is 29.1 Å². The predicted molar refractivity (Wildman–Crippen MR) is 61.7 cm³/mol. The van der Waals surface area contributed by atoms with E-state index >= 15 is 0 Å². The van der Waals surface area contributed by atoms with E-state index < -0.39 is 5.97 Å². The molecule has 0 bridgehead atoms. The number of carboxylic acids is 1. The fourth-order valence-corrected chi connectivity index (χ4v) is 1.94. The van der Waals surface area contributed by atoms with E-state index in [1.54, 1.807) is 12.1 Å². The molecule has 0 amide bonds. The number of nitrogens with zero attached hydrogens (tertiary/aromatic N) is 3. The normalized spacial score (nSPS) is 16.5. The van der Waals surface area contributed by atoms with Crippen molar-refractivity contribution in [2.24, 2.45) is 5.92 Å². The lowest BCUT2D eigenvalue weighted by atomic mass is 9.99. The van der Waals surface area contributed by atoms with Crippen LogP contribution in [0.5, 0.6) is 0 Å². The van der Waals surface area contributed by atoms with E-state index in [4.69, 9.17) is 10.4 Å². The molecule has 0 spiro atoms. The molecule has 0 unspecified atom stereocenters. The molecule has 88 valence electrons. The highest BCUT2D eigenvalue weighted by molar-refractivity contribution is 5.87. The van der Waals surface area contributed by atoms with E-state index in [1.165, 1.54) is 6.20 Å². The molecule has 1 N–H and O–H groups in total. The molecule has 0 aromatic carbocycles. The SMILES string of the molecule is N#CC1CCN(c2ccc(C(=O)O)cn2)CC1. The van der Waals surface area contributed by atoms with Gasteiger partial charge in [-0.15, -0.1) is 0 Å². The Bertz CT molecular complexity index is 442. The number of carboxylic acid groups (broad SMARTS) is 1. The smallest absolute Gasteiger partial charge is 0.337 e. The molecule has 1 fully saturated rings. The zero-order valence-corrected chi connectivity index (χ0v) is 9.33. The lowest BCUT2D eigenvalue weighted by Gasteiger charge is -2.30. The van der Waals surface area contributed by atoms with Gasteiger partial charge < -0.3 is 10.0 Å².